The summed E-state index contributed by atoms with van der Waals surface area (Å²) in [6, 6.07) is 0. The van der Waals surface area contributed by atoms with E-state index in [9.17, 15) is 10.2 Å². The van der Waals surface area contributed by atoms with Crippen LogP contribution < -0.4 is 4.74 Å². The number of hydrogen-bond acceptors (Lipinski definition) is 4. The SMILES string of the molecule is COc1cnn(C)c1C(O)C(O)C(C)C. The lowest BCUT2D eigenvalue weighted by atomic mass is 9.99. The van der Waals surface area contributed by atoms with Gasteiger partial charge in [-0.15, -0.1) is 0 Å². The zero-order valence-corrected chi connectivity index (χ0v) is 9.51. The predicted octanol–water partition coefficient (Wildman–Crippen LogP) is 0.479. The fourth-order valence-corrected chi connectivity index (χ4v) is 1.45. The molecule has 1 aromatic heterocycles. The highest BCUT2D eigenvalue weighted by atomic mass is 16.5. The van der Waals surface area contributed by atoms with Crippen molar-refractivity contribution >= 4 is 0 Å². The first kappa shape index (κ1) is 12.0. The van der Waals surface area contributed by atoms with Crippen LogP contribution in [0.3, 0.4) is 0 Å². The molecule has 5 nitrogen and oxygen atoms in total. The lowest BCUT2D eigenvalue weighted by molar-refractivity contribution is -0.0147. The van der Waals surface area contributed by atoms with Crippen molar-refractivity contribution in [3.8, 4) is 5.75 Å². The molecule has 0 saturated heterocycles. The second-order valence-electron chi connectivity index (χ2n) is 3.90. The summed E-state index contributed by atoms with van der Waals surface area (Å²) in [5, 5.41) is 23.7. The minimum Gasteiger partial charge on any atom is -0.493 e. The topological polar surface area (TPSA) is 67.5 Å². The van der Waals surface area contributed by atoms with Gasteiger partial charge in [-0.1, -0.05) is 13.8 Å². The summed E-state index contributed by atoms with van der Waals surface area (Å²) in [4.78, 5) is 0. The molecule has 86 valence electrons. The molecule has 0 aliphatic rings. The van der Waals surface area contributed by atoms with E-state index < -0.39 is 12.2 Å². The molecule has 0 aliphatic carbocycles. The highest BCUT2D eigenvalue weighted by Crippen LogP contribution is 2.28. The summed E-state index contributed by atoms with van der Waals surface area (Å²) in [6.07, 6.45) is -0.284. The molecule has 1 rings (SSSR count). The molecule has 2 atom stereocenters. The average Bonchev–Trinajstić information content (AvgIpc) is 2.57. The van der Waals surface area contributed by atoms with Gasteiger partial charge in [0.25, 0.3) is 0 Å². The monoisotopic (exact) mass is 214 g/mol. The van der Waals surface area contributed by atoms with Gasteiger partial charge in [0.05, 0.1) is 19.4 Å². The van der Waals surface area contributed by atoms with Crippen LogP contribution in [0.25, 0.3) is 0 Å². The van der Waals surface area contributed by atoms with Crippen LogP contribution in [0, 0.1) is 5.92 Å². The van der Waals surface area contributed by atoms with Crippen molar-refractivity contribution in [2.75, 3.05) is 7.11 Å². The number of nitrogens with zero attached hydrogens (tertiary/aromatic N) is 2. The average molecular weight is 214 g/mol. The fraction of sp³-hybridized carbons (Fsp3) is 0.700. The Kier molecular flexibility index (Phi) is 3.71. The van der Waals surface area contributed by atoms with Gasteiger partial charge in [0.15, 0.2) is 5.75 Å². The lowest BCUT2D eigenvalue weighted by Crippen LogP contribution is -2.26. The standard InChI is InChI=1S/C10H18N2O3/c1-6(2)9(13)10(14)8-7(15-4)5-11-12(8)3/h5-6,9-10,13-14H,1-4H3. The van der Waals surface area contributed by atoms with Crippen molar-refractivity contribution in [1.29, 1.82) is 0 Å². The number of ether oxygens (including phenoxy) is 1. The molecule has 0 amide bonds. The van der Waals surface area contributed by atoms with Crippen molar-refractivity contribution in [1.82, 2.24) is 9.78 Å². The molecule has 0 aromatic carbocycles. The van der Waals surface area contributed by atoms with Crippen LogP contribution in [0.5, 0.6) is 5.75 Å². The summed E-state index contributed by atoms with van der Waals surface area (Å²) in [5.41, 5.74) is 0.499. The van der Waals surface area contributed by atoms with Crippen molar-refractivity contribution < 1.29 is 14.9 Å². The second-order valence-corrected chi connectivity index (χ2v) is 3.90. The van der Waals surface area contributed by atoms with Crippen molar-refractivity contribution in [3.05, 3.63) is 11.9 Å². The highest BCUT2D eigenvalue weighted by molar-refractivity contribution is 5.27. The molecule has 2 N–H and O–H groups in total. The number of aromatic nitrogens is 2. The molecule has 0 saturated carbocycles. The van der Waals surface area contributed by atoms with Gasteiger partial charge >= 0.3 is 0 Å². The van der Waals surface area contributed by atoms with Crippen molar-refractivity contribution in [3.63, 3.8) is 0 Å². The van der Waals surface area contributed by atoms with Crippen LogP contribution in [-0.4, -0.2) is 33.2 Å². The van der Waals surface area contributed by atoms with Gasteiger partial charge in [0.2, 0.25) is 0 Å². The van der Waals surface area contributed by atoms with Gasteiger partial charge in [-0.25, -0.2) is 0 Å². The Bertz CT molecular complexity index is 322. The minimum atomic E-state index is -0.979. The van der Waals surface area contributed by atoms with Gasteiger partial charge < -0.3 is 14.9 Å². The number of aryl methyl sites for hydroxylation is 1. The Balaban J connectivity index is 2.98. The molecule has 0 radical (unpaired) electrons. The van der Waals surface area contributed by atoms with E-state index >= 15 is 0 Å². The van der Waals surface area contributed by atoms with E-state index in [1.807, 2.05) is 13.8 Å². The zero-order valence-electron chi connectivity index (χ0n) is 9.51. The smallest absolute Gasteiger partial charge is 0.162 e. The van der Waals surface area contributed by atoms with Crippen LogP contribution in [0.4, 0.5) is 0 Å². The van der Waals surface area contributed by atoms with E-state index in [0.717, 1.165) is 0 Å². The normalized spacial score (nSPS) is 15.4. The summed E-state index contributed by atoms with van der Waals surface area (Å²) in [7, 11) is 3.21. The van der Waals surface area contributed by atoms with Gasteiger partial charge in [0.1, 0.15) is 11.8 Å². The maximum atomic E-state index is 9.95. The van der Waals surface area contributed by atoms with Crippen LogP contribution in [0.1, 0.15) is 25.6 Å². The first-order valence-electron chi connectivity index (χ1n) is 4.91. The molecule has 1 aromatic rings. The van der Waals surface area contributed by atoms with Crippen molar-refractivity contribution in [2.24, 2.45) is 13.0 Å². The zero-order chi connectivity index (χ0) is 11.6. The Hall–Kier alpha value is -1.07. The molecule has 0 bridgehead atoms. The first-order chi connectivity index (χ1) is 6.99. The van der Waals surface area contributed by atoms with E-state index in [1.54, 1.807) is 7.05 Å². The van der Waals surface area contributed by atoms with Gasteiger partial charge in [0, 0.05) is 7.05 Å². The minimum absolute atomic E-state index is 0.0281. The number of methoxy groups -OCH3 is 1. The third kappa shape index (κ3) is 2.30. The van der Waals surface area contributed by atoms with Crippen LogP contribution in [-0.2, 0) is 7.05 Å². The highest BCUT2D eigenvalue weighted by Gasteiger charge is 2.27. The number of hydrogen-bond donors (Lipinski definition) is 2. The van der Waals surface area contributed by atoms with E-state index in [0.29, 0.717) is 11.4 Å². The van der Waals surface area contributed by atoms with Gasteiger partial charge in [-0.2, -0.15) is 5.10 Å². The molecular weight excluding hydrogens is 196 g/mol. The number of aliphatic hydroxyl groups excluding tert-OH is 2. The maximum absolute atomic E-state index is 9.95. The van der Waals surface area contributed by atoms with Crippen LogP contribution in [0.15, 0.2) is 6.20 Å². The third-order valence-electron chi connectivity index (χ3n) is 2.46. The van der Waals surface area contributed by atoms with Crippen LogP contribution >= 0.6 is 0 Å². The van der Waals surface area contributed by atoms with E-state index in [4.69, 9.17) is 4.74 Å². The Morgan fingerprint density at radius 2 is 2.00 bits per heavy atom. The molecule has 15 heavy (non-hydrogen) atoms. The molecule has 0 spiro atoms. The quantitative estimate of drug-likeness (QED) is 0.765. The van der Waals surface area contributed by atoms with Gasteiger partial charge in [-0.05, 0) is 5.92 Å². The Morgan fingerprint density at radius 3 is 2.47 bits per heavy atom. The summed E-state index contributed by atoms with van der Waals surface area (Å²) < 4.78 is 6.57. The molecule has 5 heteroatoms. The third-order valence-corrected chi connectivity index (χ3v) is 2.46. The molecular formula is C10H18N2O3. The molecule has 0 fully saturated rings. The Morgan fingerprint density at radius 1 is 1.40 bits per heavy atom. The number of rotatable bonds is 4. The van der Waals surface area contributed by atoms with E-state index in [-0.39, 0.29) is 5.92 Å². The van der Waals surface area contributed by atoms with E-state index in [1.165, 1.54) is 18.0 Å². The van der Waals surface area contributed by atoms with E-state index in [2.05, 4.69) is 5.10 Å². The molecule has 2 unspecified atom stereocenters. The summed E-state index contributed by atoms with van der Waals surface area (Å²) >= 11 is 0. The second kappa shape index (κ2) is 4.63. The lowest BCUT2D eigenvalue weighted by Gasteiger charge is -2.21. The predicted molar refractivity (Wildman–Crippen MR) is 55.6 cm³/mol. The largest absolute Gasteiger partial charge is 0.493 e. The van der Waals surface area contributed by atoms with Gasteiger partial charge in [-0.3, -0.25) is 4.68 Å². The summed E-state index contributed by atoms with van der Waals surface area (Å²) in [6.45, 7) is 3.69. The molecule has 0 aliphatic heterocycles. The Labute approximate surface area is 89.3 Å². The number of aliphatic hydroxyl groups is 2. The van der Waals surface area contributed by atoms with Crippen LogP contribution in [0.2, 0.25) is 0 Å². The first-order valence-corrected chi connectivity index (χ1v) is 4.91. The maximum Gasteiger partial charge on any atom is 0.162 e. The molecule has 1 heterocycles. The van der Waals surface area contributed by atoms with Crippen molar-refractivity contribution in [2.45, 2.75) is 26.1 Å². The summed E-state index contributed by atoms with van der Waals surface area (Å²) in [5.74, 6) is 0.462. The fourth-order valence-electron chi connectivity index (χ4n) is 1.45.